The van der Waals surface area contributed by atoms with Crippen LogP contribution >= 0.6 is 24.0 Å². The molecule has 3 rings (SSSR count). The number of nitrogens with zero attached hydrogens (tertiary/aromatic N) is 2. The zero-order valence-corrected chi connectivity index (χ0v) is 18.9. The van der Waals surface area contributed by atoms with Gasteiger partial charge in [-0.15, -0.1) is 12.4 Å². The summed E-state index contributed by atoms with van der Waals surface area (Å²) in [6.07, 6.45) is 5.53. The van der Waals surface area contributed by atoms with Gasteiger partial charge in [-0.3, -0.25) is 0 Å². The van der Waals surface area contributed by atoms with Crippen LogP contribution in [0.25, 0.3) is 0 Å². The molecule has 0 atom stereocenters. The van der Waals surface area contributed by atoms with Gasteiger partial charge in [0.2, 0.25) is 0 Å². The van der Waals surface area contributed by atoms with Crippen molar-refractivity contribution in [2.45, 2.75) is 44.7 Å². The molecule has 30 heavy (non-hydrogen) atoms. The van der Waals surface area contributed by atoms with E-state index in [1.54, 1.807) is 0 Å². The Bertz CT molecular complexity index is 872. The predicted octanol–water partition coefficient (Wildman–Crippen LogP) is 5.22. The highest BCUT2D eigenvalue weighted by Gasteiger charge is 2.23. The lowest BCUT2D eigenvalue weighted by Crippen LogP contribution is -2.42. The van der Waals surface area contributed by atoms with E-state index in [2.05, 4.69) is 31.9 Å². The van der Waals surface area contributed by atoms with E-state index in [-0.39, 0.29) is 29.5 Å². The molecule has 1 aliphatic rings. The minimum absolute atomic E-state index is 0. The highest BCUT2D eigenvalue weighted by Crippen LogP contribution is 2.25. The summed E-state index contributed by atoms with van der Waals surface area (Å²) in [5.41, 5.74) is 2.75. The third kappa shape index (κ3) is 6.37. The Kier molecular flexibility index (Phi) is 8.55. The summed E-state index contributed by atoms with van der Waals surface area (Å²) in [6, 6.07) is 6.31. The Balaban J connectivity index is 0.00000320. The van der Waals surface area contributed by atoms with E-state index in [1.165, 1.54) is 18.2 Å². The van der Waals surface area contributed by atoms with Crippen molar-refractivity contribution < 1.29 is 9.18 Å². The van der Waals surface area contributed by atoms with Crippen LogP contribution in [0.4, 0.5) is 26.4 Å². The number of anilines is 3. The number of carbonyl (C=O) groups excluding carboxylic acids is 1. The molecule has 1 heterocycles. The summed E-state index contributed by atoms with van der Waals surface area (Å²) in [4.78, 5) is 18.8. The van der Waals surface area contributed by atoms with E-state index in [0.717, 1.165) is 42.8 Å². The molecule has 2 amide bonds. The Morgan fingerprint density at radius 1 is 1.17 bits per heavy atom. The second kappa shape index (κ2) is 10.7. The van der Waals surface area contributed by atoms with Gasteiger partial charge in [0.1, 0.15) is 11.6 Å². The summed E-state index contributed by atoms with van der Waals surface area (Å²) in [7, 11) is 4.04. The quantitative estimate of drug-likeness (QED) is 0.578. The number of urea groups is 1. The highest BCUT2D eigenvalue weighted by atomic mass is 35.5. The van der Waals surface area contributed by atoms with Gasteiger partial charge in [0.15, 0.2) is 0 Å². The molecule has 0 radical (unpaired) electrons. The first kappa shape index (κ1) is 24.0. The lowest BCUT2D eigenvalue weighted by Gasteiger charge is -2.30. The number of aromatic nitrogens is 1. The minimum Gasteiger partial charge on any atom is -0.377 e. The van der Waals surface area contributed by atoms with Gasteiger partial charge in [-0.05, 0) is 56.4 Å². The summed E-state index contributed by atoms with van der Waals surface area (Å²) >= 11 is 5.75. The van der Waals surface area contributed by atoms with Crippen molar-refractivity contribution >= 4 is 47.2 Å². The van der Waals surface area contributed by atoms with Crippen LogP contribution in [0.1, 0.15) is 31.2 Å². The fourth-order valence-corrected chi connectivity index (χ4v) is 3.77. The summed E-state index contributed by atoms with van der Waals surface area (Å²) in [5.74, 6) is 0.367. The molecule has 6 nitrogen and oxygen atoms in total. The first-order valence-electron chi connectivity index (χ1n) is 9.75. The molecule has 1 fully saturated rings. The number of pyridine rings is 1. The van der Waals surface area contributed by atoms with Crippen molar-refractivity contribution in [3.05, 3.63) is 46.9 Å². The maximum absolute atomic E-state index is 13.2. The number of hydrogen-bond donors (Lipinski definition) is 3. The van der Waals surface area contributed by atoms with E-state index in [1.807, 2.05) is 27.2 Å². The van der Waals surface area contributed by atoms with Crippen LogP contribution in [0.3, 0.4) is 0 Å². The van der Waals surface area contributed by atoms with Crippen molar-refractivity contribution in [2.24, 2.45) is 0 Å². The monoisotopic (exact) mass is 455 g/mol. The van der Waals surface area contributed by atoms with Gasteiger partial charge in [0, 0.05) is 49.8 Å². The molecule has 0 bridgehead atoms. The molecule has 164 valence electrons. The summed E-state index contributed by atoms with van der Waals surface area (Å²) in [6.45, 7) is 2.05. The number of carbonyl (C=O) groups is 1. The molecule has 9 heteroatoms. The molecule has 1 aromatic heterocycles. The lowest BCUT2D eigenvalue weighted by atomic mass is 9.91. The Labute approximate surface area is 188 Å². The first-order chi connectivity index (χ1) is 13.8. The van der Waals surface area contributed by atoms with Gasteiger partial charge < -0.3 is 20.9 Å². The fraction of sp³-hybridized carbons (Fsp3) is 0.429. The molecular formula is C21H28Cl2FN5O. The molecule has 2 aromatic rings. The molecule has 0 spiro atoms. The van der Waals surface area contributed by atoms with Crippen molar-refractivity contribution in [2.75, 3.05) is 29.6 Å². The van der Waals surface area contributed by atoms with Crippen LogP contribution in [-0.2, 0) is 0 Å². The molecule has 0 aliphatic heterocycles. The molecule has 0 unspecified atom stereocenters. The normalized spacial score (nSPS) is 18.2. The second-order valence-corrected chi connectivity index (χ2v) is 8.08. The standard InChI is InChI=1S/C21H27ClFN5O.ClH/c1-13-12-24-20(11-19(13)28(2)3)25-14-4-6-15(7-5-14)26-21(29)27-16-8-9-18(23)17(22)10-16;/h8-12,14-15H,4-7H2,1-3H3,(H,24,25)(H2,26,27,29);1H/t14-,15+;. The van der Waals surface area contributed by atoms with Gasteiger partial charge in [0.25, 0.3) is 0 Å². The SMILES string of the molecule is Cc1cnc(N[C@H]2CC[C@@H](NC(=O)Nc3ccc(F)c(Cl)c3)CC2)cc1N(C)C.Cl. The maximum atomic E-state index is 13.2. The van der Waals surface area contributed by atoms with E-state index in [4.69, 9.17) is 11.6 Å². The number of benzene rings is 1. The van der Waals surface area contributed by atoms with Crippen LogP contribution in [0, 0.1) is 12.7 Å². The summed E-state index contributed by atoms with van der Waals surface area (Å²) < 4.78 is 13.2. The van der Waals surface area contributed by atoms with Gasteiger partial charge in [0.05, 0.1) is 5.02 Å². The van der Waals surface area contributed by atoms with Gasteiger partial charge in [-0.2, -0.15) is 0 Å². The van der Waals surface area contributed by atoms with E-state index in [0.29, 0.717) is 11.7 Å². The molecule has 3 N–H and O–H groups in total. The van der Waals surface area contributed by atoms with E-state index in [9.17, 15) is 9.18 Å². The zero-order chi connectivity index (χ0) is 21.0. The molecule has 0 saturated heterocycles. The average molecular weight is 456 g/mol. The number of amides is 2. The van der Waals surface area contributed by atoms with Crippen LogP contribution in [0.5, 0.6) is 0 Å². The lowest BCUT2D eigenvalue weighted by molar-refractivity contribution is 0.243. The maximum Gasteiger partial charge on any atom is 0.319 e. The number of halogens is 3. The number of aryl methyl sites for hydroxylation is 1. The predicted molar refractivity (Wildman–Crippen MR) is 124 cm³/mol. The van der Waals surface area contributed by atoms with E-state index < -0.39 is 5.82 Å². The molecule has 1 aliphatic carbocycles. The molecular weight excluding hydrogens is 428 g/mol. The average Bonchev–Trinajstić information content (AvgIpc) is 2.67. The Morgan fingerprint density at radius 2 is 1.83 bits per heavy atom. The Morgan fingerprint density at radius 3 is 2.47 bits per heavy atom. The van der Waals surface area contributed by atoms with Crippen molar-refractivity contribution in [1.29, 1.82) is 0 Å². The van der Waals surface area contributed by atoms with Crippen LogP contribution in [0.15, 0.2) is 30.5 Å². The Hall–Kier alpha value is -2.25. The molecule has 1 aromatic carbocycles. The highest BCUT2D eigenvalue weighted by molar-refractivity contribution is 6.31. The first-order valence-corrected chi connectivity index (χ1v) is 10.1. The fourth-order valence-electron chi connectivity index (χ4n) is 3.59. The smallest absolute Gasteiger partial charge is 0.319 e. The van der Waals surface area contributed by atoms with Crippen molar-refractivity contribution in [3.63, 3.8) is 0 Å². The second-order valence-electron chi connectivity index (χ2n) is 7.67. The summed E-state index contributed by atoms with van der Waals surface area (Å²) in [5, 5.41) is 9.17. The van der Waals surface area contributed by atoms with E-state index >= 15 is 0 Å². The largest absolute Gasteiger partial charge is 0.377 e. The van der Waals surface area contributed by atoms with Crippen LogP contribution in [0.2, 0.25) is 5.02 Å². The minimum atomic E-state index is -0.510. The van der Waals surface area contributed by atoms with Crippen LogP contribution < -0.4 is 20.9 Å². The van der Waals surface area contributed by atoms with Crippen molar-refractivity contribution in [3.8, 4) is 0 Å². The van der Waals surface area contributed by atoms with Gasteiger partial charge in [-0.25, -0.2) is 14.2 Å². The number of rotatable bonds is 5. The number of nitrogens with one attached hydrogen (secondary N) is 3. The number of hydrogen-bond acceptors (Lipinski definition) is 4. The third-order valence-corrected chi connectivity index (χ3v) is 5.44. The third-order valence-electron chi connectivity index (χ3n) is 5.15. The topological polar surface area (TPSA) is 69.3 Å². The van der Waals surface area contributed by atoms with Gasteiger partial charge in [-0.1, -0.05) is 11.6 Å². The molecule has 1 saturated carbocycles. The zero-order valence-electron chi connectivity index (χ0n) is 17.3. The van der Waals surface area contributed by atoms with Gasteiger partial charge >= 0.3 is 6.03 Å². The van der Waals surface area contributed by atoms with Crippen molar-refractivity contribution in [1.82, 2.24) is 10.3 Å². The van der Waals surface area contributed by atoms with Crippen LogP contribution in [-0.4, -0.2) is 37.2 Å².